The Morgan fingerprint density at radius 3 is 1.26 bits per heavy atom. The van der Waals surface area contributed by atoms with Gasteiger partial charge in [0.25, 0.3) is 5.69 Å². The number of non-ortho nitro benzene ring substituents is 1. The lowest BCUT2D eigenvalue weighted by Gasteiger charge is -2.49. The smallest absolute Gasteiger partial charge is 0.408 e. The highest BCUT2D eigenvalue weighted by atomic mass is 32.2. The van der Waals surface area contributed by atoms with Gasteiger partial charge in [0.1, 0.15) is 113 Å². The van der Waals surface area contributed by atoms with Crippen molar-refractivity contribution in [1.82, 2.24) is 37.2 Å². The van der Waals surface area contributed by atoms with E-state index in [-0.39, 0.29) is 39.0 Å². The fraction of sp³-hybridized carbons (Fsp3) is 0.831. The molecule has 0 bridgehead atoms. The number of alkyl carbamates (subject to hydrolysis) is 6. The van der Waals surface area contributed by atoms with Crippen molar-refractivity contribution in [3.8, 4) is 0 Å². The van der Waals surface area contributed by atoms with Crippen molar-refractivity contribution in [2.24, 2.45) is 0 Å². The summed E-state index contributed by atoms with van der Waals surface area (Å²) in [6.45, 7) is 48.1. The van der Waals surface area contributed by atoms with Crippen LogP contribution in [0.4, 0.5) is 34.5 Å². The molecule has 0 spiro atoms. The predicted molar refractivity (Wildman–Crippen MR) is 441 cm³/mol. The molecular weight excluding hydrogens is 1620 g/mol. The molecule has 118 heavy (non-hydrogen) atoms. The minimum absolute atomic E-state index is 0.00925. The number of nitro benzene ring substituents is 1. The molecule has 0 radical (unpaired) electrons. The molecular formula is C77H136N8O29S2Si2. The molecule has 5 rings (SSSR count). The second-order valence-electron chi connectivity index (χ2n) is 39.0. The van der Waals surface area contributed by atoms with E-state index in [4.69, 9.17) is 65.7 Å². The molecule has 1 aliphatic carbocycles. The maximum absolute atomic E-state index is 14.6. The van der Waals surface area contributed by atoms with Gasteiger partial charge in [-0.15, -0.1) is 23.5 Å². The molecule has 678 valence electrons. The van der Waals surface area contributed by atoms with Crippen LogP contribution in [0.2, 0.25) is 36.3 Å². The van der Waals surface area contributed by atoms with Crippen molar-refractivity contribution in [1.29, 1.82) is 0 Å². The molecule has 1 saturated carbocycles. The topological polar surface area (TPSA) is 497 Å². The zero-order valence-electron chi connectivity index (χ0n) is 73.7. The summed E-state index contributed by atoms with van der Waals surface area (Å²) in [4.78, 5) is 108. The van der Waals surface area contributed by atoms with E-state index in [0.29, 0.717) is 5.56 Å². The number of thioether (sulfide) groups is 2. The molecule has 3 saturated heterocycles. The predicted octanol–water partition coefficient (Wildman–Crippen LogP) is 8.11. The molecule has 37 nitrogen and oxygen atoms in total. The maximum Gasteiger partial charge on any atom is 0.408 e. The van der Waals surface area contributed by atoms with Crippen LogP contribution in [0.15, 0.2) is 24.3 Å². The molecule has 41 heteroatoms. The number of nitrogens with one attached hydrogen (secondary N) is 7. The first kappa shape index (κ1) is 103. The van der Waals surface area contributed by atoms with Crippen LogP contribution in [0.3, 0.4) is 0 Å². The molecule has 1 aromatic rings. The van der Waals surface area contributed by atoms with Gasteiger partial charge in [0, 0.05) is 36.1 Å². The molecule has 21 unspecified atom stereocenters. The fourth-order valence-corrected chi connectivity index (χ4v) is 16.2. The van der Waals surface area contributed by atoms with Gasteiger partial charge in [-0.2, -0.15) is 0 Å². The molecule has 0 aromatic heterocycles. The second-order valence-corrected chi connectivity index (χ2v) is 50.9. The second kappa shape index (κ2) is 41.2. The van der Waals surface area contributed by atoms with Crippen LogP contribution in [0.5, 0.6) is 0 Å². The minimum atomic E-state index is -2.70. The largest absolute Gasteiger partial charge is 0.444 e. The monoisotopic (exact) mass is 1760 g/mol. The number of nitro groups is 1. The van der Waals surface area contributed by atoms with Crippen LogP contribution < -0.4 is 37.2 Å². The Hall–Kier alpha value is -5.72. The average molecular weight is 1760 g/mol. The van der Waals surface area contributed by atoms with E-state index in [9.17, 15) is 74.3 Å². The first-order valence-electron chi connectivity index (χ1n) is 39.6. The highest BCUT2D eigenvalue weighted by Crippen LogP contribution is 2.44. The third-order valence-electron chi connectivity index (χ3n) is 19.5. The number of amides is 7. The Balaban J connectivity index is 1.68. The zero-order chi connectivity index (χ0) is 89.9. The number of ether oxygens (including phenoxy) is 12. The molecule has 4 aliphatic rings. The lowest BCUT2D eigenvalue weighted by Crippen LogP contribution is -2.70. The van der Waals surface area contributed by atoms with Gasteiger partial charge in [0.05, 0.1) is 47.6 Å². The molecule has 21 atom stereocenters. The summed E-state index contributed by atoms with van der Waals surface area (Å²) in [6, 6.07) is -1.46. The van der Waals surface area contributed by atoms with E-state index in [1.54, 1.807) is 137 Å². The van der Waals surface area contributed by atoms with E-state index < -0.39 is 246 Å². The number of hydrogen-bond donors (Lipinski definition) is 13. The summed E-state index contributed by atoms with van der Waals surface area (Å²) in [5, 5.41) is 104. The first-order valence-corrected chi connectivity index (χ1v) is 47.7. The van der Waals surface area contributed by atoms with Gasteiger partial charge >= 0.3 is 36.6 Å². The van der Waals surface area contributed by atoms with Crippen molar-refractivity contribution in [2.45, 2.75) is 371 Å². The number of nitrogens with zero attached hydrogens (tertiary/aromatic N) is 1. The first-order chi connectivity index (χ1) is 53.6. The Morgan fingerprint density at radius 1 is 0.475 bits per heavy atom. The Labute approximate surface area is 704 Å². The summed E-state index contributed by atoms with van der Waals surface area (Å²) >= 11 is 2.33. The number of rotatable bonds is 29. The number of aliphatic hydroxyl groups excluding tert-OH is 6. The zero-order valence-corrected chi connectivity index (χ0v) is 77.4. The Bertz CT molecular complexity index is 3480. The Kier molecular flexibility index (Phi) is 35.9. The van der Waals surface area contributed by atoms with Gasteiger partial charge in [-0.3, -0.25) is 14.9 Å². The highest BCUT2D eigenvalue weighted by molar-refractivity contribution is 8.16. The number of hydrogen-bond acceptors (Lipinski definition) is 31. The van der Waals surface area contributed by atoms with Crippen molar-refractivity contribution < 1.29 is 135 Å². The van der Waals surface area contributed by atoms with Gasteiger partial charge in [-0.1, -0.05) is 41.5 Å². The van der Waals surface area contributed by atoms with E-state index in [1.165, 1.54) is 23.9 Å². The summed E-state index contributed by atoms with van der Waals surface area (Å²) in [7, 11) is -5.23. The third kappa shape index (κ3) is 32.5. The summed E-state index contributed by atoms with van der Waals surface area (Å²) in [5.74, 6) is -0.793. The molecule has 1 aromatic carbocycles. The van der Waals surface area contributed by atoms with Crippen molar-refractivity contribution in [3.63, 3.8) is 0 Å². The number of aliphatic hydroxyl groups is 6. The normalized spacial score (nSPS) is 28.2. The average Bonchev–Trinajstić information content (AvgIpc) is 1.30. The van der Waals surface area contributed by atoms with Crippen LogP contribution >= 0.6 is 23.5 Å². The van der Waals surface area contributed by atoms with Gasteiger partial charge in [0.15, 0.2) is 35.5 Å². The molecule has 4 fully saturated rings. The standard InChI is InChI=1S/C77H136N8O29S2Si2/c1-70(2,3)108-64(93)78-34-45-52(88)54(90)49(83-68(97)112-74(13,14)15)61(102-45)105-58-43(82-67(96)111-73(10,11)12)33-42(81-66(95)110-72(7,8)9)51(87)60(58)107-63-56(92)59(106-62-50(84-69(98)113-75(16,17)18)55(91)53(89)46(103-62)35-79-65(94)109-71(4,5)6)47(104-63)37-115-39-116-38-48(86)80-44(36-101-117(25,26)76(19,20)21)57(114-118(27,28)77(22,23)24)40-29-31-41(32-30-40)85(99)100/h29-32,42-47,49-63,87-92H,33-39H2,1-28H3,(H,78,93)(H,79,94)(H,80,86)(H,81,95)(H,82,96)(H,83,97)(H,84,98). The van der Waals surface area contributed by atoms with Gasteiger partial charge in [-0.25, -0.2) is 28.8 Å². The molecule has 3 aliphatic heterocycles. The van der Waals surface area contributed by atoms with Crippen LogP contribution in [-0.2, 0) is 70.5 Å². The number of carbonyl (C=O) groups excluding carboxylic acids is 7. The van der Waals surface area contributed by atoms with Crippen LogP contribution in [-0.4, -0.2) is 287 Å². The minimum Gasteiger partial charge on any atom is -0.444 e. The number of benzene rings is 1. The van der Waals surface area contributed by atoms with Crippen LogP contribution in [0, 0.1) is 10.1 Å². The quantitative estimate of drug-likeness (QED) is 0.00899. The van der Waals surface area contributed by atoms with E-state index in [0.717, 1.165) is 11.8 Å². The third-order valence-corrected chi connectivity index (χ3v) is 30.8. The summed E-state index contributed by atoms with van der Waals surface area (Å²) < 4.78 is 87.1. The fourth-order valence-electron chi connectivity index (χ4n) is 11.9. The van der Waals surface area contributed by atoms with Gasteiger partial charge in [0.2, 0.25) is 5.91 Å². The van der Waals surface area contributed by atoms with Gasteiger partial charge < -0.3 is 134 Å². The summed E-state index contributed by atoms with van der Waals surface area (Å²) in [6.07, 6.45) is -35.7. The van der Waals surface area contributed by atoms with Crippen molar-refractivity contribution in [2.75, 3.05) is 36.3 Å². The summed E-state index contributed by atoms with van der Waals surface area (Å²) in [5.41, 5.74) is -6.15. The lowest BCUT2D eigenvalue weighted by atomic mass is 9.83. The SMILES string of the molecule is CC(C)(C)OC(=O)NCC1OC(OC2C(CSCSCC(=O)NC(CO[Si](C)(C)C(C)(C)C)C(O[Si](C)(C)C(C)(C)C)c3ccc([N+](=O)[O-])cc3)OC(OC3C(O)C(NC(=O)OC(C)(C)C)CC(NC(=O)OC(C)(C)C)C3OC3OC(CNC(=O)OC(C)(C)C)C(O)C(O)C3NC(=O)OC(C)(C)C)C2O)C(NC(=O)OC(C)(C)C)C(O)C1O. The highest BCUT2D eigenvalue weighted by Gasteiger charge is 2.58. The van der Waals surface area contributed by atoms with E-state index in [2.05, 4.69) is 105 Å². The van der Waals surface area contributed by atoms with E-state index in [1.807, 2.05) is 0 Å². The van der Waals surface area contributed by atoms with Crippen molar-refractivity contribution in [3.05, 3.63) is 39.9 Å². The van der Waals surface area contributed by atoms with Crippen LogP contribution in [0.1, 0.15) is 184 Å². The van der Waals surface area contributed by atoms with Gasteiger partial charge in [-0.05, 0) is 185 Å². The molecule has 3 heterocycles. The Morgan fingerprint density at radius 2 is 0.856 bits per heavy atom. The number of carbonyl (C=O) groups is 7. The van der Waals surface area contributed by atoms with E-state index >= 15 is 0 Å². The van der Waals surface area contributed by atoms with Crippen LogP contribution in [0.25, 0.3) is 0 Å². The molecule has 7 amide bonds. The lowest BCUT2D eigenvalue weighted by molar-refractivity contribution is -0.384. The maximum atomic E-state index is 14.6. The van der Waals surface area contributed by atoms with Crippen molar-refractivity contribution >= 4 is 88.3 Å². The molecule has 13 N–H and O–H groups in total.